The van der Waals surface area contributed by atoms with Crippen LogP contribution < -0.4 is 5.32 Å². The molecule has 0 spiro atoms. The maximum absolute atomic E-state index is 11.4. The second-order valence-electron chi connectivity index (χ2n) is 4.30. The fraction of sp³-hybridized carbons (Fsp3) is 0.143. The van der Waals surface area contributed by atoms with Gasteiger partial charge < -0.3 is 14.8 Å². The molecule has 0 aliphatic carbocycles. The number of aromatic carboxylic acids is 1. The number of pyridine rings is 1. The molecule has 0 radical (unpaired) electrons. The molecule has 0 bridgehead atoms. The van der Waals surface area contributed by atoms with Gasteiger partial charge in [-0.05, 0) is 24.3 Å². The number of fused-ring (bicyclic) bond motifs is 1. The van der Waals surface area contributed by atoms with E-state index in [-0.39, 0.29) is 5.69 Å². The van der Waals surface area contributed by atoms with Gasteiger partial charge in [0.25, 0.3) is 0 Å². The molecule has 3 rings (SSSR count). The molecule has 2 N–H and O–H groups in total. The van der Waals surface area contributed by atoms with Crippen LogP contribution in [0.15, 0.2) is 47.2 Å². The first-order chi connectivity index (χ1) is 9.75. The maximum Gasteiger partial charge on any atom is 0.356 e. The molecule has 0 aliphatic rings. The summed E-state index contributed by atoms with van der Waals surface area (Å²) in [5, 5.41) is 12.4. The van der Waals surface area contributed by atoms with Crippen molar-refractivity contribution in [2.75, 3.05) is 11.9 Å². The zero-order chi connectivity index (χ0) is 13.9. The molecule has 3 aromatic heterocycles. The van der Waals surface area contributed by atoms with Crippen molar-refractivity contribution in [2.24, 2.45) is 0 Å². The Morgan fingerprint density at radius 3 is 3.00 bits per heavy atom. The Labute approximate surface area is 114 Å². The third kappa shape index (κ3) is 2.23. The van der Waals surface area contributed by atoms with Crippen LogP contribution in [0.4, 0.5) is 5.82 Å². The number of nitrogens with zero attached hydrogens (tertiary/aromatic N) is 2. The third-order valence-electron chi connectivity index (χ3n) is 2.98. The quantitative estimate of drug-likeness (QED) is 0.744. The van der Waals surface area contributed by atoms with Crippen LogP contribution in [0, 0.1) is 0 Å². The molecule has 6 heteroatoms. The summed E-state index contributed by atoms with van der Waals surface area (Å²) in [6, 6.07) is 9.06. The van der Waals surface area contributed by atoms with Crippen LogP contribution in [-0.4, -0.2) is 27.0 Å². The van der Waals surface area contributed by atoms with E-state index < -0.39 is 5.97 Å². The number of imidazole rings is 1. The fourth-order valence-corrected chi connectivity index (χ4v) is 2.08. The van der Waals surface area contributed by atoms with Crippen molar-refractivity contribution in [2.45, 2.75) is 6.42 Å². The first-order valence-electron chi connectivity index (χ1n) is 6.22. The highest BCUT2D eigenvalue weighted by atomic mass is 16.4. The molecule has 0 atom stereocenters. The normalized spacial score (nSPS) is 10.8. The average molecular weight is 271 g/mol. The smallest absolute Gasteiger partial charge is 0.356 e. The second kappa shape index (κ2) is 5.08. The average Bonchev–Trinajstić information content (AvgIpc) is 3.05. The number of furan rings is 1. The van der Waals surface area contributed by atoms with Crippen molar-refractivity contribution in [1.82, 2.24) is 9.38 Å². The lowest BCUT2D eigenvalue weighted by Gasteiger charge is -2.03. The van der Waals surface area contributed by atoms with Crippen molar-refractivity contribution in [3.63, 3.8) is 0 Å². The van der Waals surface area contributed by atoms with Crippen molar-refractivity contribution in [1.29, 1.82) is 0 Å². The van der Waals surface area contributed by atoms with Crippen LogP contribution in [0.25, 0.3) is 5.65 Å². The van der Waals surface area contributed by atoms with Gasteiger partial charge in [-0.1, -0.05) is 6.07 Å². The van der Waals surface area contributed by atoms with E-state index in [0.29, 0.717) is 24.4 Å². The Morgan fingerprint density at radius 1 is 1.35 bits per heavy atom. The van der Waals surface area contributed by atoms with Crippen molar-refractivity contribution in [3.8, 4) is 0 Å². The maximum atomic E-state index is 11.4. The Balaban J connectivity index is 1.83. The predicted molar refractivity (Wildman–Crippen MR) is 73.1 cm³/mol. The summed E-state index contributed by atoms with van der Waals surface area (Å²) in [5.41, 5.74) is 0.741. The Bertz CT molecular complexity index is 731. The predicted octanol–water partition coefficient (Wildman–Crippen LogP) is 2.28. The van der Waals surface area contributed by atoms with Gasteiger partial charge in [-0.2, -0.15) is 0 Å². The van der Waals surface area contributed by atoms with Gasteiger partial charge >= 0.3 is 5.97 Å². The van der Waals surface area contributed by atoms with Gasteiger partial charge in [0.15, 0.2) is 11.5 Å². The SMILES string of the molecule is O=C(O)c1c(NCCc2ccco2)nc2ccccn12. The van der Waals surface area contributed by atoms with Gasteiger partial charge in [-0.3, -0.25) is 4.40 Å². The first kappa shape index (κ1) is 12.3. The van der Waals surface area contributed by atoms with Gasteiger partial charge in [-0.25, -0.2) is 9.78 Å². The number of nitrogens with one attached hydrogen (secondary N) is 1. The molecule has 102 valence electrons. The summed E-state index contributed by atoms with van der Waals surface area (Å²) >= 11 is 0. The summed E-state index contributed by atoms with van der Waals surface area (Å²) in [7, 11) is 0. The zero-order valence-corrected chi connectivity index (χ0v) is 10.6. The summed E-state index contributed by atoms with van der Waals surface area (Å²) in [6.45, 7) is 0.553. The number of rotatable bonds is 5. The zero-order valence-electron chi connectivity index (χ0n) is 10.6. The van der Waals surface area contributed by atoms with Crippen molar-refractivity contribution in [3.05, 3.63) is 54.2 Å². The van der Waals surface area contributed by atoms with Crippen LogP contribution in [0.1, 0.15) is 16.2 Å². The molecular formula is C14H13N3O3. The Morgan fingerprint density at radius 2 is 2.25 bits per heavy atom. The van der Waals surface area contributed by atoms with E-state index in [4.69, 9.17) is 4.42 Å². The second-order valence-corrected chi connectivity index (χ2v) is 4.30. The van der Waals surface area contributed by atoms with Crippen LogP contribution in [0.2, 0.25) is 0 Å². The van der Waals surface area contributed by atoms with Crippen LogP contribution in [-0.2, 0) is 6.42 Å². The summed E-state index contributed by atoms with van der Waals surface area (Å²) in [5.74, 6) is 0.206. The number of carboxylic acid groups (broad SMARTS) is 1. The van der Waals surface area contributed by atoms with Crippen LogP contribution in [0.3, 0.4) is 0 Å². The van der Waals surface area contributed by atoms with Gasteiger partial charge in [0, 0.05) is 19.2 Å². The first-order valence-corrected chi connectivity index (χ1v) is 6.22. The van der Waals surface area contributed by atoms with E-state index in [2.05, 4.69) is 10.3 Å². The standard InChI is InChI=1S/C14H13N3O3/c18-14(19)12-13(15-7-6-10-4-3-9-20-10)16-11-5-1-2-8-17(11)12/h1-5,8-9,15H,6-7H2,(H,18,19). The van der Waals surface area contributed by atoms with Gasteiger partial charge in [0.05, 0.1) is 6.26 Å². The van der Waals surface area contributed by atoms with Crippen LogP contribution in [0.5, 0.6) is 0 Å². The lowest BCUT2D eigenvalue weighted by atomic mass is 10.3. The Hall–Kier alpha value is -2.76. The van der Waals surface area contributed by atoms with E-state index in [1.807, 2.05) is 18.2 Å². The van der Waals surface area contributed by atoms with E-state index in [1.165, 1.54) is 0 Å². The van der Waals surface area contributed by atoms with Gasteiger partial charge in [0.1, 0.15) is 11.4 Å². The molecule has 0 saturated heterocycles. The third-order valence-corrected chi connectivity index (χ3v) is 2.98. The lowest BCUT2D eigenvalue weighted by molar-refractivity contribution is 0.0690. The van der Waals surface area contributed by atoms with E-state index >= 15 is 0 Å². The molecule has 0 aromatic carbocycles. The topological polar surface area (TPSA) is 79.8 Å². The summed E-state index contributed by atoms with van der Waals surface area (Å²) in [4.78, 5) is 15.7. The largest absolute Gasteiger partial charge is 0.476 e. The minimum absolute atomic E-state index is 0.139. The molecule has 0 fully saturated rings. The highest BCUT2D eigenvalue weighted by Crippen LogP contribution is 2.17. The Kier molecular flexibility index (Phi) is 3.12. The number of anilines is 1. The molecule has 0 amide bonds. The highest BCUT2D eigenvalue weighted by molar-refractivity contribution is 5.92. The molecule has 0 unspecified atom stereocenters. The van der Waals surface area contributed by atoms with E-state index in [9.17, 15) is 9.90 Å². The number of hydrogen-bond donors (Lipinski definition) is 2. The molecule has 20 heavy (non-hydrogen) atoms. The van der Waals surface area contributed by atoms with E-state index in [0.717, 1.165) is 5.76 Å². The molecule has 3 aromatic rings. The number of carbonyl (C=O) groups is 1. The van der Waals surface area contributed by atoms with Crippen LogP contribution >= 0.6 is 0 Å². The minimum atomic E-state index is -1.01. The van der Waals surface area contributed by atoms with E-state index in [1.54, 1.807) is 29.0 Å². The highest BCUT2D eigenvalue weighted by Gasteiger charge is 2.17. The van der Waals surface area contributed by atoms with Crippen molar-refractivity contribution >= 4 is 17.4 Å². The number of aromatic nitrogens is 2. The van der Waals surface area contributed by atoms with Gasteiger partial charge in [-0.15, -0.1) is 0 Å². The summed E-state index contributed by atoms with van der Waals surface area (Å²) < 4.78 is 6.78. The number of carboxylic acids is 1. The lowest BCUT2D eigenvalue weighted by Crippen LogP contribution is -2.10. The molecular weight excluding hydrogens is 258 g/mol. The molecule has 0 aliphatic heterocycles. The molecule has 0 saturated carbocycles. The van der Waals surface area contributed by atoms with Crippen molar-refractivity contribution < 1.29 is 14.3 Å². The molecule has 6 nitrogen and oxygen atoms in total. The monoisotopic (exact) mass is 271 g/mol. The summed E-state index contributed by atoms with van der Waals surface area (Å²) in [6.07, 6.45) is 3.96. The number of hydrogen-bond acceptors (Lipinski definition) is 4. The molecule has 3 heterocycles. The fourth-order valence-electron chi connectivity index (χ4n) is 2.08. The minimum Gasteiger partial charge on any atom is -0.476 e. The van der Waals surface area contributed by atoms with Gasteiger partial charge in [0.2, 0.25) is 0 Å².